The Kier molecular flexibility index (Phi) is 6.53. The van der Waals surface area contributed by atoms with Crippen molar-refractivity contribution in [1.82, 2.24) is 10.6 Å². The molecule has 20 heavy (non-hydrogen) atoms. The third kappa shape index (κ3) is 6.95. The molecule has 0 heterocycles. The zero-order valence-corrected chi connectivity index (χ0v) is 11.0. The van der Waals surface area contributed by atoms with Crippen molar-refractivity contribution in [3.05, 3.63) is 42.0 Å². The summed E-state index contributed by atoms with van der Waals surface area (Å²) in [4.78, 5) is 33.1. The molecule has 0 atom stereocenters. The number of carbonyl (C=O) groups is 3. The lowest BCUT2D eigenvalue weighted by Gasteiger charge is -2.03. The minimum Gasteiger partial charge on any atom is -0.368 e. The van der Waals surface area contributed by atoms with Gasteiger partial charge in [-0.25, -0.2) is 0 Å². The maximum Gasteiger partial charge on any atom is 0.244 e. The van der Waals surface area contributed by atoms with E-state index in [1.54, 1.807) is 6.08 Å². The number of nitrogens with one attached hydrogen (secondary N) is 2. The highest BCUT2D eigenvalue weighted by Crippen LogP contribution is 2.00. The molecule has 1 aromatic carbocycles. The molecule has 4 N–H and O–H groups in total. The number of carbonyl (C=O) groups excluding carboxylic acids is 3. The molecular formula is C14H17N3O3. The fraction of sp³-hybridized carbons (Fsp3) is 0.214. The number of hydrogen-bond donors (Lipinski definition) is 3. The Labute approximate surface area is 117 Å². The highest BCUT2D eigenvalue weighted by atomic mass is 16.2. The Morgan fingerprint density at radius 3 is 2.45 bits per heavy atom. The summed E-state index contributed by atoms with van der Waals surface area (Å²) < 4.78 is 0. The van der Waals surface area contributed by atoms with Gasteiger partial charge in [0.25, 0.3) is 0 Å². The van der Waals surface area contributed by atoms with E-state index in [1.807, 2.05) is 30.3 Å². The van der Waals surface area contributed by atoms with E-state index in [-0.39, 0.29) is 31.3 Å². The van der Waals surface area contributed by atoms with Gasteiger partial charge in [-0.05, 0) is 11.6 Å². The van der Waals surface area contributed by atoms with Gasteiger partial charge in [-0.1, -0.05) is 30.3 Å². The van der Waals surface area contributed by atoms with Crippen LogP contribution in [-0.4, -0.2) is 30.8 Å². The van der Waals surface area contributed by atoms with Crippen LogP contribution in [0.25, 0.3) is 6.08 Å². The molecule has 6 nitrogen and oxygen atoms in total. The predicted molar refractivity (Wildman–Crippen MR) is 75.3 cm³/mol. The van der Waals surface area contributed by atoms with E-state index in [0.717, 1.165) is 5.56 Å². The second-order valence-electron chi connectivity index (χ2n) is 4.03. The molecule has 0 saturated carbocycles. The van der Waals surface area contributed by atoms with Crippen molar-refractivity contribution in [1.29, 1.82) is 0 Å². The van der Waals surface area contributed by atoms with Gasteiger partial charge in [0.15, 0.2) is 0 Å². The van der Waals surface area contributed by atoms with Crippen molar-refractivity contribution >= 4 is 23.8 Å². The van der Waals surface area contributed by atoms with E-state index in [2.05, 4.69) is 10.6 Å². The molecule has 0 fully saturated rings. The Morgan fingerprint density at radius 1 is 1.10 bits per heavy atom. The summed E-state index contributed by atoms with van der Waals surface area (Å²) in [6.07, 6.45) is 3.18. The van der Waals surface area contributed by atoms with Crippen molar-refractivity contribution in [2.24, 2.45) is 5.73 Å². The summed E-state index contributed by atoms with van der Waals surface area (Å²) in [5.74, 6) is -1.22. The van der Waals surface area contributed by atoms with Crippen LogP contribution in [0.5, 0.6) is 0 Å². The third-order valence-electron chi connectivity index (χ3n) is 2.34. The van der Waals surface area contributed by atoms with Gasteiger partial charge in [0, 0.05) is 19.0 Å². The first kappa shape index (κ1) is 15.4. The predicted octanol–water partition coefficient (Wildman–Crippen LogP) is -0.192. The van der Waals surface area contributed by atoms with Gasteiger partial charge < -0.3 is 16.4 Å². The van der Waals surface area contributed by atoms with Crippen LogP contribution < -0.4 is 16.4 Å². The maximum atomic E-state index is 11.5. The van der Waals surface area contributed by atoms with Crippen molar-refractivity contribution < 1.29 is 14.4 Å². The molecule has 0 unspecified atom stereocenters. The summed E-state index contributed by atoms with van der Waals surface area (Å²) in [5.41, 5.74) is 5.80. The van der Waals surface area contributed by atoms with Gasteiger partial charge >= 0.3 is 0 Å². The molecule has 3 amide bonds. The lowest BCUT2D eigenvalue weighted by atomic mass is 10.2. The number of rotatable bonds is 7. The molecule has 0 aliphatic rings. The number of primary amides is 1. The molecule has 0 saturated heterocycles. The van der Waals surface area contributed by atoms with E-state index in [4.69, 9.17) is 5.73 Å². The minimum absolute atomic E-state index is 0.0954. The fourth-order valence-electron chi connectivity index (χ4n) is 1.37. The number of benzene rings is 1. The molecule has 0 spiro atoms. The fourth-order valence-corrected chi connectivity index (χ4v) is 1.37. The van der Waals surface area contributed by atoms with E-state index in [9.17, 15) is 14.4 Å². The summed E-state index contributed by atoms with van der Waals surface area (Å²) in [6, 6.07) is 9.39. The molecular weight excluding hydrogens is 258 g/mol. The zero-order valence-electron chi connectivity index (χ0n) is 11.0. The normalized spacial score (nSPS) is 10.2. The second-order valence-corrected chi connectivity index (χ2v) is 4.03. The second kappa shape index (κ2) is 8.47. The Balaban J connectivity index is 2.22. The average molecular weight is 275 g/mol. The van der Waals surface area contributed by atoms with Crippen LogP contribution in [0.1, 0.15) is 12.0 Å². The molecule has 0 aliphatic carbocycles. The number of amides is 3. The Hall–Kier alpha value is -2.63. The number of nitrogens with two attached hydrogens (primary N) is 1. The lowest BCUT2D eigenvalue weighted by Crippen LogP contribution is -2.35. The topological polar surface area (TPSA) is 101 Å². The van der Waals surface area contributed by atoms with Crippen molar-refractivity contribution in [3.8, 4) is 0 Å². The van der Waals surface area contributed by atoms with Crippen molar-refractivity contribution in [2.45, 2.75) is 6.42 Å². The average Bonchev–Trinajstić information content (AvgIpc) is 2.44. The van der Waals surface area contributed by atoms with Crippen molar-refractivity contribution in [2.75, 3.05) is 13.1 Å². The van der Waals surface area contributed by atoms with E-state index in [0.29, 0.717) is 0 Å². The van der Waals surface area contributed by atoms with Crippen LogP contribution in [0.4, 0.5) is 0 Å². The minimum atomic E-state index is -0.604. The maximum absolute atomic E-state index is 11.5. The largest absolute Gasteiger partial charge is 0.368 e. The Morgan fingerprint density at radius 2 is 1.80 bits per heavy atom. The monoisotopic (exact) mass is 275 g/mol. The van der Waals surface area contributed by atoms with Crippen LogP contribution in [0, 0.1) is 0 Å². The molecule has 106 valence electrons. The highest BCUT2D eigenvalue weighted by molar-refractivity contribution is 5.92. The lowest BCUT2D eigenvalue weighted by molar-refractivity contribution is -0.125. The smallest absolute Gasteiger partial charge is 0.244 e. The molecule has 1 rings (SSSR count). The molecule has 0 aromatic heterocycles. The SMILES string of the molecule is NC(=O)CNC(=O)CCNC(=O)/C=C/c1ccccc1. The molecule has 1 aromatic rings. The standard InChI is InChI=1S/C14H17N3O3/c15-12(18)10-17-14(20)8-9-16-13(19)7-6-11-4-2-1-3-5-11/h1-7H,8-10H2,(H2,15,18)(H,16,19)(H,17,20)/b7-6+. The van der Waals surface area contributed by atoms with Crippen molar-refractivity contribution in [3.63, 3.8) is 0 Å². The van der Waals surface area contributed by atoms with Crippen LogP contribution >= 0.6 is 0 Å². The van der Waals surface area contributed by atoms with Crippen LogP contribution in [0.15, 0.2) is 36.4 Å². The van der Waals surface area contributed by atoms with Gasteiger partial charge in [-0.15, -0.1) is 0 Å². The van der Waals surface area contributed by atoms with Gasteiger partial charge in [0.1, 0.15) is 0 Å². The molecule has 0 bridgehead atoms. The van der Waals surface area contributed by atoms with E-state index in [1.165, 1.54) is 6.08 Å². The first-order chi connectivity index (χ1) is 9.58. The third-order valence-corrected chi connectivity index (χ3v) is 2.34. The summed E-state index contributed by atoms with van der Waals surface area (Å²) >= 11 is 0. The highest BCUT2D eigenvalue weighted by Gasteiger charge is 2.03. The van der Waals surface area contributed by atoms with Gasteiger partial charge in [-0.3, -0.25) is 14.4 Å². The molecule has 6 heteroatoms. The van der Waals surface area contributed by atoms with Crippen LogP contribution in [-0.2, 0) is 14.4 Å². The summed E-state index contributed by atoms with van der Waals surface area (Å²) in [7, 11) is 0. The molecule has 0 aliphatic heterocycles. The first-order valence-corrected chi connectivity index (χ1v) is 6.14. The Bertz CT molecular complexity index is 498. The van der Waals surface area contributed by atoms with Crippen LogP contribution in [0.3, 0.4) is 0 Å². The van der Waals surface area contributed by atoms with E-state index >= 15 is 0 Å². The first-order valence-electron chi connectivity index (χ1n) is 6.14. The zero-order chi connectivity index (χ0) is 14.8. The van der Waals surface area contributed by atoms with E-state index < -0.39 is 5.91 Å². The van der Waals surface area contributed by atoms with Crippen LogP contribution in [0.2, 0.25) is 0 Å². The number of hydrogen-bond acceptors (Lipinski definition) is 3. The quantitative estimate of drug-likeness (QED) is 0.601. The van der Waals surface area contributed by atoms with Gasteiger partial charge in [0.05, 0.1) is 6.54 Å². The summed E-state index contributed by atoms with van der Waals surface area (Å²) in [6.45, 7) is 0.00322. The van der Waals surface area contributed by atoms with Gasteiger partial charge in [-0.2, -0.15) is 0 Å². The molecule has 0 radical (unpaired) electrons. The van der Waals surface area contributed by atoms with Gasteiger partial charge in [0.2, 0.25) is 17.7 Å². The summed E-state index contributed by atoms with van der Waals surface area (Å²) in [5, 5.41) is 4.90.